The van der Waals surface area contributed by atoms with Gasteiger partial charge in [-0.25, -0.2) is 0 Å². The molecule has 2 aliphatic rings. The number of thioether (sulfide) groups is 1. The van der Waals surface area contributed by atoms with Crippen molar-refractivity contribution in [3.05, 3.63) is 59.2 Å². The average Bonchev–Trinajstić information content (AvgIpc) is 3.10. The summed E-state index contributed by atoms with van der Waals surface area (Å²) < 4.78 is 45.7. The maximum atomic E-state index is 13.5. The van der Waals surface area contributed by atoms with Crippen molar-refractivity contribution in [3.63, 3.8) is 0 Å². The van der Waals surface area contributed by atoms with E-state index in [1.54, 1.807) is 12.1 Å². The number of carbonyl (C=O) groups excluding carboxylic acids is 3. The lowest BCUT2D eigenvalue weighted by Crippen LogP contribution is -2.47. The van der Waals surface area contributed by atoms with Gasteiger partial charge in [0.15, 0.2) is 0 Å². The Morgan fingerprint density at radius 3 is 2.29 bits per heavy atom. The molecule has 3 amide bonds. The summed E-state index contributed by atoms with van der Waals surface area (Å²) in [7, 11) is 0. The molecule has 4 rings (SSSR count). The van der Waals surface area contributed by atoms with Crippen molar-refractivity contribution in [2.45, 2.75) is 18.6 Å². The Balaban J connectivity index is 1.67. The second-order valence-corrected chi connectivity index (χ2v) is 9.13. The van der Waals surface area contributed by atoms with Gasteiger partial charge >= 0.3 is 6.18 Å². The van der Waals surface area contributed by atoms with Crippen LogP contribution in [0, 0.1) is 0 Å². The van der Waals surface area contributed by atoms with E-state index in [0.717, 1.165) is 17.0 Å². The molecule has 1 fully saturated rings. The summed E-state index contributed by atoms with van der Waals surface area (Å²) in [6.45, 7) is 1.70. The van der Waals surface area contributed by atoms with Crippen molar-refractivity contribution in [2.24, 2.45) is 0 Å². The standard InChI is InChI=1S/C24H24F3N3O4S/c1-35-13-8-20(30-22(32)16-4-2-3-5-17(16)23(30)33)21(31)28-18-14-15(24(25,26)27)6-7-19(18)29-9-11-34-12-10-29/h2-7,14,20H,8-13H2,1H3,(H,28,31). The molecular weight excluding hydrogens is 483 g/mol. The first kappa shape index (κ1) is 25.1. The summed E-state index contributed by atoms with van der Waals surface area (Å²) in [5.74, 6) is -1.44. The van der Waals surface area contributed by atoms with Crippen LogP contribution in [0.4, 0.5) is 24.5 Å². The number of hydrogen-bond donors (Lipinski definition) is 1. The first-order valence-electron chi connectivity index (χ1n) is 11.0. The van der Waals surface area contributed by atoms with E-state index in [2.05, 4.69) is 5.32 Å². The molecule has 7 nitrogen and oxygen atoms in total. The summed E-state index contributed by atoms with van der Waals surface area (Å²) in [5, 5.41) is 2.60. The smallest absolute Gasteiger partial charge is 0.378 e. The molecule has 0 saturated carbocycles. The van der Waals surface area contributed by atoms with Gasteiger partial charge in [0.25, 0.3) is 11.8 Å². The molecule has 0 aromatic heterocycles. The monoisotopic (exact) mass is 507 g/mol. The number of benzene rings is 2. The van der Waals surface area contributed by atoms with E-state index >= 15 is 0 Å². The molecule has 35 heavy (non-hydrogen) atoms. The maximum Gasteiger partial charge on any atom is 0.416 e. The highest BCUT2D eigenvalue weighted by Gasteiger charge is 2.42. The summed E-state index contributed by atoms with van der Waals surface area (Å²) in [6.07, 6.45) is -2.63. The molecule has 2 aromatic carbocycles. The second-order valence-electron chi connectivity index (χ2n) is 8.14. The van der Waals surface area contributed by atoms with Crippen LogP contribution in [0.5, 0.6) is 0 Å². The molecule has 186 valence electrons. The zero-order valence-electron chi connectivity index (χ0n) is 18.9. The number of anilines is 2. The molecule has 0 bridgehead atoms. The fourth-order valence-corrected chi connectivity index (χ4v) is 4.67. The van der Waals surface area contributed by atoms with Crippen LogP contribution in [0.15, 0.2) is 42.5 Å². The second kappa shape index (κ2) is 10.3. The van der Waals surface area contributed by atoms with Crippen molar-refractivity contribution >= 4 is 40.9 Å². The Bertz CT molecular complexity index is 1100. The summed E-state index contributed by atoms with van der Waals surface area (Å²) >= 11 is 1.43. The quantitative estimate of drug-likeness (QED) is 0.573. The highest BCUT2D eigenvalue weighted by atomic mass is 32.2. The number of morpholine rings is 1. The topological polar surface area (TPSA) is 79.0 Å². The lowest BCUT2D eigenvalue weighted by Gasteiger charge is -2.32. The number of hydrogen-bond acceptors (Lipinski definition) is 6. The van der Waals surface area contributed by atoms with E-state index < -0.39 is 35.5 Å². The number of fused-ring (bicyclic) bond motifs is 1. The molecule has 11 heteroatoms. The van der Waals surface area contributed by atoms with E-state index in [4.69, 9.17) is 4.74 Å². The first-order chi connectivity index (χ1) is 16.7. The van der Waals surface area contributed by atoms with E-state index in [-0.39, 0.29) is 23.2 Å². The van der Waals surface area contributed by atoms with E-state index in [1.807, 2.05) is 11.2 Å². The van der Waals surface area contributed by atoms with Crippen LogP contribution in [-0.2, 0) is 15.7 Å². The number of rotatable bonds is 7. The minimum absolute atomic E-state index is 0.0301. The first-order valence-corrected chi connectivity index (χ1v) is 12.4. The van der Waals surface area contributed by atoms with Gasteiger partial charge in [-0.1, -0.05) is 12.1 Å². The van der Waals surface area contributed by atoms with Crippen molar-refractivity contribution in [2.75, 3.05) is 48.5 Å². The normalized spacial score (nSPS) is 16.9. The zero-order valence-corrected chi connectivity index (χ0v) is 19.7. The van der Waals surface area contributed by atoms with Crippen molar-refractivity contribution in [1.29, 1.82) is 0 Å². The Kier molecular flexibility index (Phi) is 7.36. The number of imide groups is 1. The zero-order chi connectivity index (χ0) is 25.2. The SMILES string of the molecule is CSCCC(C(=O)Nc1cc(C(F)(F)F)ccc1N1CCOCC1)N1C(=O)c2ccccc2C1=O. The van der Waals surface area contributed by atoms with Crippen LogP contribution >= 0.6 is 11.8 Å². The van der Waals surface area contributed by atoms with Crippen molar-refractivity contribution in [3.8, 4) is 0 Å². The van der Waals surface area contributed by atoms with Crippen LogP contribution in [0.2, 0.25) is 0 Å². The summed E-state index contributed by atoms with van der Waals surface area (Å²) in [6, 6.07) is 8.28. The summed E-state index contributed by atoms with van der Waals surface area (Å²) in [4.78, 5) is 42.2. The minimum Gasteiger partial charge on any atom is -0.378 e. The maximum absolute atomic E-state index is 13.5. The third kappa shape index (κ3) is 5.15. The highest BCUT2D eigenvalue weighted by Crippen LogP contribution is 2.36. The van der Waals surface area contributed by atoms with Gasteiger partial charge < -0.3 is 15.0 Å². The van der Waals surface area contributed by atoms with Gasteiger partial charge in [-0.2, -0.15) is 24.9 Å². The molecule has 2 heterocycles. The Morgan fingerprint density at radius 1 is 1.09 bits per heavy atom. The highest BCUT2D eigenvalue weighted by molar-refractivity contribution is 7.98. The third-order valence-electron chi connectivity index (χ3n) is 5.97. The number of nitrogens with one attached hydrogen (secondary N) is 1. The van der Waals surface area contributed by atoms with E-state index in [0.29, 0.717) is 37.7 Å². The van der Waals surface area contributed by atoms with Crippen LogP contribution in [0.25, 0.3) is 0 Å². The lowest BCUT2D eigenvalue weighted by atomic mass is 10.1. The van der Waals surface area contributed by atoms with Gasteiger partial charge in [0.05, 0.1) is 41.3 Å². The van der Waals surface area contributed by atoms with Crippen molar-refractivity contribution in [1.82, 2.24) is 4.90 Å². The van der Waals surface area contributed by atoms with Gasteiger partial charge in [0.2, 0.25) is 5.91 Å². The number of amides is 3. The number of carbonyl (C=O) groups is 3. The molecule has 0 spiro atoms. The number of nitrogens with zero attached hydrogens (tertiary/aromatic N) is 2. The van der Waals surface area contributed by atoms with Gasteiger partial charge in [0, 0.05) is 13.1 Å². The Morgan fingerprint density at radius 2 is 1.71 bits per heavy atom. The van der Waals surface area contributed by atoms with Gasteiger partial charge in [-0.05, 0) is 48.8 Å². The molecule has 0 aliphatic carbocycles. The fraction of sp³-hybridized carbons (Fsp3) is 0.375. The molecular formula is C24H24F3N3O4S. The van der Waals surface area contributed by atoms with Crippen LogP contribution in [0.3, 0.4) is 0 Å². The van der Waals surface area contributed by atoms with E-state index in [1.165, 1.54) is 30.0 Å². The molecule has 1 N–H and O–H groups in total. The van der Waals surface area contributed by atoms with Gasteiger partial charge in [0.1, 0.15) is 6.04 Å². The molecule has 1 unspecified atom stereocenters. The predicted octanol–water partition coefficient (Wildman–Crippen LogP) is 3.90. The van der Waals surface area contributed by atoms with Gasteiger partial charge in [-0.15, -0.1) is 0 Å². The molecule has 2 aliphatic heterocycles. The van der Waals surface area contributed by atoms with Crippen LogP contribution in [0.1, 0.15) is 32.7 Å². The number of alkyl halides is 3. The van der Waals surface area contributed by atoms with Crippen LogP contribution < -0.4 is 10.2 Å². The van der Waals surface area contributed by atoms with E-state index in [9.17, 15) is 27.6 Å². The lowest BCUT2D eigenvalue weighted by molar-refractivity contribution is -0.137. The third-order valence-corrected chi connectivity index (χ3v) is 6.61. The Hall–Kier alpha value is -3.05. The fourth-order valence-electron chi connectivity index (χ4n) is 4.21. The van der Waals surface area contributed by atoms with Crippen LogP contribution in [-0.4, -0.2) is 67.0 Å². The Labute approximate surface area is 204 Å². The number of ether oxygens (including phenoxy) is 1. The van der Waals surface area contributed by atoms with Gasteiger partial charge in [-0.3, -0.25) is 19.3 Å². The molecule has 0 radical (unpaired) electrons. The minimum atomic E-state index is -4.61. The average molecular weight is 508 g/mol. The predicted molar refractivity (Wildman–Crippen MR) is 127 cm³/mol. The molecule has 2 aromatic rings. The number of halogens is 3. The molecule has 1 atom stereocenters. The molecule has 1 saturated heterocycles. The summed E-state index contributed by atoms with van der Waals surface area (Å²) in [5.41, 5.74) is -0.121. The van der Waals surface area contributed by atoms with Crippen molar-refractivity contribution < 1.29 is 32.3 Å². The largest absolute Gasteiger partial charge is 0.416 e.